The largest absolute Gasteiger partial charge is 0.471 e. The van der Waals surface area contributed by atoms with E-state index in [4.69, 9.17) is 4.74 Å². The number of fused-ring (bicyclic) bond motifs is 1. The van der Waals surface area contributed by atoms with Gasteiger partial charge in [0.1, 0.15) is 12.6 Å². The molecule has 4 rings (SSSR count). The van der Waals surface area contributed by atoms with Crippen LogP contribution < -0.4 is 10.3 Å². The predicted octanol–water partition coefficient (Wildman–Crippen LogP) is 1.56. The quantitative estimate of drug-likeness (QED) is 0.683. The van der Waals surface area contributed by atoms with E-state index in [1.807, 2.05) is 19.1 Å². The molecule has 1 aliphatic heterocycles. The van der Waals surface area contributed by atoms with Gasteiger partial charge >= 0.3 is 0 Å². The lowest BCUT2D eigenvalue weighted by molar-refractivity contribution is -0.134. The van der Waals surface area contributed by atoms with E-state index in [0.29, 0.717) is 29.9 Å². The summed E-state index contributed by atoms with van der Waals surface area (Å²) in [6.45, 7) is 2.94. The van der Waals surface area contributed by atoms with E-state index < -0.39 is 0 Å². The van der Waals surface area contributed by atoms with Gasteiger partial charge in [0.25, 0.3) is 5.56 Å². The van der Waals surface area contributed by atoms with Gasteiger partial charge in [0.15, 0.2) is 0 Å². The number of para-hydroxylation sites is 1. The van der Waals surface area contributed by atoms with Crippen molar-refractivity contribution in [3.63, 3.8) is 0 Å². The first-order valence-electron chi connectivity index (χ1n) is 9.29. The average molecular weight is 379 g/mol. The van der Waals surface area contributed by atoms with Gasteiger partial charge in [-0.2, -0.15) is 5.10 Å². The Morgan fingerprint density at radius 3 is 2.89 bits per heavy atom. The molecule has 8 heteroatoms. The van der Waals surface area contributed by atoms with Crippen molar-refractivity contribution in [2.24, 2.45) is 0 Å². The highest BCUT2D eigenvalue weighted by atomic mass is 16.5. The van der Waals surface area contributed by atoms with Crippen LogP contribution in [-0.4, -0.2) is 49.7 Å². The maximum Gasteiger partial charge on any atom is 0.261 e. The number of aromatic nitrogens is 4. The van der Waals surface area contributed by atoms with E-state index in [1.165, 1.54) is 10.9 Å². The van der Waals surface area contributed by atoms with Crippen LogP contribution in [-0.2, 0) is 11.3 Å². The molecule has 2 aromatic heterocycles. The Labute approximate surface area is 161 Å². The van der Waals surface area contributed by atoms with E-state index in [1.54, 1.807) is 29.2 Å². The first-order chi connectivity index (χ1) is 13.6. The summed E-state index contributed by atoms with van der Waals surface area (Å²) in [5, 5.41) is 8.52. The molecule has 1 atom stereocenters. The van der Waals surface area contributed by atoms with Crippen LogP contribution in [0.5, 0.6) is 5.88 Å². The second-order valence-corrected chi connectivity index (χ2v) is 6.93. The summed E-state index contributed by atoms with van der Waals surface area (Å²) in [6, 6.07) is 10.7. The Morgan fingerprint density at radius 1 is 1.21 bits per heavy atom. The molecular weight excluding hydrogens is 358 g/mol. The highest BCUT2D eigenvalue weighted by molar-refractivity contribution is 5.79. The van der Waals surface area contributed by atoms with Crippen LogP contribution in [0.25, 0.3) is 10.9 Å². The molecule has 0 aliphatic carbocycles. The summed E-state index contributed by atoms with van der Waals surface area (Å²) < 4.78 is 7.24. The van der Waals surface area contributed by atoms with E-state index in [9.17, 15) is 9.59 Å². The number of nitrogens with zero attached hydrogens (tertiary/aromatic N) is 5. The number of carbonyl (C=O) groups is 1. The molecule has 0 unspecified atom stereocenters. The number of rotatable bonds is 4. The number of benzene rings is 1. The zero-order chi connectivity index (χ0) is 19.5. The molecule has 8 nitrogen and oxygen atoms in total. The smallest absolute Gasteiger partial charge is 0.261 e. The summed E-state index contributed by atoms with van der Waals surface area (Å²) >= 11 is 0. The van der Waals surface area contributed by atoms with Gasteiger partial charge in [-0.25, -0.2) is 4.98 Å². The highest BCUT2D eigenvalue weighted by Crippen LogP contribution is 2.17. The minimum Gasteiger partial charge on any atom is -0.471 e. The van der Waals surface area contributed by atoms with Gasteiger partial charge in [-0.1, -0.05) is 12.1 Å². The van der Waals surface area contributed by atoms with Gasteiger partial charge in [-0.15, -0.1) is 5.10 Å². The van der Waals surface area contributed by atoms with Crippen LogP contribution in [0.1, 0.15) is 18.5 Å². The molecule has 0 N–H and O–H groups in total. The summed E-state index contributed by atoms with van der Waals surface area (Å²) in [5.74, 6) is 0.335. The molecule has 144 valence electrons. The van der Waals surface area contributed by atoms with Crippen molar-refractivity contribution in [2.75, 3.05) is 13.1 Å². The summed E-state index contributed by atoms with van der Waals surface area (Å²) in [5.41, 5.74) is 1.24. The Morgan fingerprint density at radius 2 is 2.07 bits per heavy atom. The van der Waals surface area contributed by atoms with E-state index in [0.717, 1.165) is 18.5 Å². The fraction of sp³-hybridized carbons (Fsp3) is 0.350. The molecular formula is C20H21N5O3. The number of piperidine rings is 1. The Hall–Kier alpha value is -3.29. The van der Waals surface area contributed by atoms with E-state index >= 15 is 0 Å². The van der Waals surface area contributed by atoms with Crippen molar-refractivity contribution in [2.45, 2.75) is 32.4 Å². The number of hydrogen-bond donors (Lipinski definition) is 0. The number of amides is 1. The molecule has 1 saturated heterocycles. The van der Waals surface area contributed by atoms with Crippen LogP contribution in [0.4, 0.5) is 0 Å². The standard InChI is InChI=1S/C20H21N5O3/c1-14-8-9-18(23-22-14)28-15-5-4-10-24(11-15)19(26)12-25-13-21-17-7-3-2-6-16(17)20(25)27/h2-3,6-9,13,15H,4-5,10-12H2,1H3/t15-/m0/s1. The Kier molecular flexibility index (Phi) is 5.01. The molecule has 0 spiro atoms. The first-order valence-corrected chi connectivity index (χ1v) is 9.29. The first kappa shape index (κ1) is 18.1. The van der Waals surface area contributed by atoms with Crippen molar-refractivity contribution < 1.29 is 9.53 Å². The van der Waals surface area contributed by atoms with Gasteiger partial charge in [0.05, 0.1) is 29.5 Å². The topological polar surface area (TPSA) is 90.2 Å². The fourth-order valence-corrected chi connectivity index (χ4v) is 3.35. The average Bonchev–Trinajstić information content (AvgIpc) is 2.72. The SMILES string of the molecule is Cc1ccc(O[C@H]2CCCN(C(=O)Cn3cnc4ccccc4c3=O)C2)nn1. The minimum atomic E-state index is -0.210. The normalized spacial score (nSPS) is 16.9. The lowest BCUT2D eigenvalue weighted by Crippen LogP contribution is -2.46. The highest BCUT2D eigenvalue weighted by Gasteiger charge is 2.25. The molecule has 1 aliphatic rings. The second kappa shape index (κ2) is 7.75. The van der Waals surface area contributed by atoms with Gasteiger partial charge in [0, 0.05) is 12.6 Å². The monoisotopic (exact) mass is 379 g/mol. The molecule has 1 amide bonds. The molecule has 0 bridgehead atoms. The molecule has 28 heavy (non-hydrogen) atoms. The third-order valence-corrected chi connectivity index (χ3v) is 4.83. The van der Waals surface area contributed by atoms with Crippen molar-refractivity contribution in [1.29, 1.82) is 0 Å². The molecule has 3 heterocycles. The van der Waals surface area contributed by atoms with Gasteiger partial charge < -0.3 is 9.64 Å². The fourth-order valence-electron chi connectivity index (χ4n) is 3.35. The van der Waals surface area contributed by atoms with Gasteiger partial charge in [-0.05, 0) is 38.0 Å². The van der Waals surface area contributed by atoms with Crippen LogP contribution in [0.2, 0.25) is 0 Å². The third-order valence-electron chi connectivity index (χ3n) is 4.83. The Balaban J connectivity index is 1.44. The summed E-state index contributed by atoms with van der Waals surface area (Å²) in [4.78, 5) is 31.3. The lowest BCUT2D eigenvalue weighted by Gasteiger charge is -2.32. The maximum absolute atomic E-state index is 12.8. The molecule has 0 radical (unpaired) electrons. The van der Waals surface area contributed by atoms with E-state index in [2.05, 4.69) is 15.2 Å². The third kappa shape index (κ3) is 3.85. The van der Waals surface area contributed by atoms with Crippen LogP contribution in [0, 0.1) is 6.92 Å². The molecule has 1 fully saturated rings. The molecule has 0 saturated carbocycles. The summed E-state index contributed by atoms with van der Waals surface area (Å²) in [6.07, 6.45) is 2.97. The van der Waals surface area contributed by atoms with Gasteiger partial charge in [-0.3, -0.25) is 14.2 Å². The lowest BCUT2D eigenvalue weighted by atomic mass is 10.1. The number of likely N-dealkylation sites (tertiary alicyclic amines) is 1. The van der Waals surface area contributed by atoms with Crippen molar-refractivity contribution in [1.82, 2.24) is 24.6 Å². The number of aryl methyl sites for hydroxylation is 1. The zero-order valence-electron chi connectivity index (χ0n) is 15.6. The van der Waals surface area contributed by atoms with Crippen LogP contribution in [0.15, 0.2) is 47.5 Å². The molecule has 1 aromatic carbocycles. The maximum atomic E-state index is 12.8. The number of hydrogen-bond acceptors (Lipinski definition) is 6. The predicted molar refractivity (Wildman–Crippen MR) is 103 cm³/mol. The Bertz CT molecular complexity index is 1050. The zero-order valence-corrected chi connectivity index (χ0v) is 15.6. The van der Waals surface area contributed by atoms with Crippen molar-refractivity contribution in [3.8, 4) is 5.88 Å². The molecule has 3 aromatic rings. The second-order valence-electron chi connectivity index (χ2n) is 6.93. The van der Waals surface area contributed by atoms with Crippen molar-refractivity contribution >= 4 is 16.8 Å². The van der Waals surface area contributed by atoms with Crippen LogP contribution in [0.3, 0.4) is 0 Å². The summed E-state index contributed by atoms with van der Waals surface area (Å²) in [7, 11) is 0. The number of carbonyl (C=O) groups excluding carboxylic acids is 1. The van der Waals surface area contributed by atoms with Gasteiger partial charge in [0.2, 0.25) is 11.8 Å². The van der Waals surface area contributed by atoms with E-state index in [-0.39, 0.29) is 24.1 Å². The van der Waals surface area contributed by atoms with Crippen molar-refractivity contribution in [3.05, 3.63) is 58.8 Å². The minimum absolute atomic E-state index is 0.0340. The number of ether oxygens (including phenoxy) is 1. The van der Waals surface area contributed by atoms with Crippen LogP contribution >= 0.6 is 0 Å².